The summed E-state index contributed by atoms with van der Waals surface area (Å²) >= 11 is 3.21. The molecule has 26 heavy (non-hydrogen) atoms. The Hall–Kier alpha value is -1.77. The predicted octanol–water partition coefficient (Wildman–Crippen LogP) is 3.63. The van der Waals surface area contributed by atoms with Crippen LogP contribution in [-0.2, 0) is 14.8 Å². The lowest BCUT2D eigenvalue weighted by Gasteiger charge is -2.31. The molecule has 1 aliphatic rings. The van der Waals surface area contributed by atoms with E-state index in [-0.39, 0.29) is 17.3 Å². The molecule has 1 N–H and O–H groups in total. The molecule has 138 valence electrons. The van der Waals surface area contributed by atoms with Gasteiger partial charge in [-0.1, -0.05) is 18.2 Å². The van der Waals surface area contributed by atoms with Crippen LogP contribution in [0.15, 0.2) is 57.9 Å². The van der Waals surface area contributed by atoms with Crippen molar-refractivity contribution in [3.8, 4) is 0 Å². The number of sulfonamides is 1. The Morgan fingerprint density at radius 1 is 1.19 bits per heavy atom. The average Bonchev–Trinajstić information content (AvgIpc) is 2.65. The Kier molecular flexibility index (Phi) is 5.74. The van der Waals surface area contributed by atoms with Crippen molar-refractivity contribution in [1.29, 1.82) is 0 Å². The Labute approximate surface area is 160 Å². The van der Waals surface area contributed by atoms with Crippen molar-refractivity contribution in [3.05, 3.63) is 58.8 Å². The second kappa shape index (κ2) is 7.85. The fourth-order valence-corrected chi connectivity index (χ4v) is 4.94. The smallest absolute Gasteiger partial charge is 0.243 e. The van der Waals surface area contributed by atoms with E-state index in [0.29, 0.717) is 29.5 Å². The number of anilines is 1. The number of carbonyl (C=O) groups excluding carboxylic acids is 1. The van der Waals surface area contributed by atoms with E-state index in [1.807, 2.05) is 0 Å². The normalized spacial score (nSPS) is 18.5. The van der Waals surface area contributed by atoms with Gasteiger partial charge in [0, 0.05) is 17.6 Å². The van der Waals surface area contributed by atoms with Crippen LogP contribution in [-0.4, -0.2) is 31.7 Å². The SMILES string of the molecule is O=C(Nc1ccc(F)cc1Br)C1CCCN(S(=O)(=O)c2ccccc2)C1. The zero-order chi connectivity index (χ0) is 18.7. The van der Waals surface area contributed by atoms with Crippen LogP contribution in [0, 0.1) is 11.7 Å². The summed E-state index contributed by atoms with van der Waals surface area (Å²) in [7, 11) is -3.62. The van der Waals surface area contributed by atoms with Crippen molar-refractivity contribution in [2.24, 2.45) is 5.92 Å². The molecule has 0 aliphatic carbocycles. The number of hydrogen-bond acceptors (Lipinski definition) is 3. The largest absolute Gasteiger partial charge is 0.325 e. The van der Waals surface area contributed by atoms with Gasteiger partial charge in [0.05, 0.1) is 16.5 Å². The molecule has 0 spiro atoms. The number of nitrogens with zero attached hydrogens (tertiary/aromatic N) is 1. The van der Waals surface area contributed by atoms with E-state index in [9.17, 15) is 17.6 Å². The van der Waals surface area contributed by atoms with Crippen molar-refractivity contribution in [2.75, 3.05) is 18.4 Å². The number of piperidine rings is 1. The molecule has 1 atom stereocenters. The fraction of sp³-hybridized carbons (Fsp3) is 0.278. The standard InChI is InChI=1S/C18H18BrFN2O3S/c19-16-11-14(20)8-9-17(16)21-18(23)13-5-4-10-22(12-13)26(24,25)15-6-2-1-3-7-15/h1-3,6-9,11,13H,4-5,10,12H2,(H,21,23). The van der Waals surface area contributed by atoms with Gasteiger partial charge in [-0.15, -0.1) is 0 Å². The third-order valence-corrected chi connectivity index (χ3v) is 6.86. The minimum atomic E-state index is -3.62. The minimum absolute atomic E-state index is 0.127. The zero-order valence-electron chi connectivity index (χ0n) is 13.9. The number of benzene rings is 2. The number of halogens is 2. The third-order valence-electron chi connectivity index (χ3n) is 4.32. The lowest BCUT2D eigenvalue weighted by atomic mass is 9.99. The van der Waals surface area contributed by atoms with Crippen molar-refractivity contribution in [1.82, 2.24) is 4.31 Å². The van der Waals surface area contributed by atoms with E-state index in [0.717, 1.165) is 0 Å². The number of amides is 1. The Morgan fingerprint density at radius 2 is 1.92 bits per heavy atom. The van der Waals surface area contributed by atoms with Crippen molar-refractivity contribution >= 4 is 37.5 Å². The average molecular weight is 441 g/mol. The van der Waals surface area contributed by atoms with Gasteiger partial charge in [-0.05, 0) is 59.1 Å². The van der Waals surface area contributed by atoms with Crippen LogP contribution in [0.1, 0.15) is 12.8 Å². The van der Waals surface area contributed by atoms with E-state index in [1.54, 1.807) is 30.3 Å². The maximum atomic E-state index is 13.2. The summed E-state index contributed by atoms with van der Waals surface area (Å²) in [5.41, 5.74) is 0.458. The number of nitrogens with one attached hydrogen (secondary N) is 1. The number of rotatable bonds is 4. The van der Waals surface area contributed by atoms with E-state index in [4.69, 9.17) is 0 Å². The Morgan fingerprint density at radius 3 is 2.62 bits per heavy atom. The second-order valence-electron chi connectivity index (χ2n) is 6.13. The zero-order valence-corrected chi connectivity index (χ0v) is 16.3. The molecule has 1 unspecified atom stereocenters. The molecule has 1 amide bonds. The number of carbonyl (C=O) groups is 1. The molecule has 8 heteroatoms. The summed E-state index contributed by atoms with van der Waals surface area (Å²) in [5.74, 6) is -1.14. The van der Waals surface area contributed by atoms with Gasteiger partial charge in [0.1, 0.15) is 5.82 Å². The molecule has 0 aromatic heterocycles. The predicted molar refractivity (Wildman–Crippen MR) is 101 cm³/mol. The van der Waals surface area contributed by atoms with E-state index >= 15 is 0 Å². The minimum Gasteiger partial charge on any atom is -0.325 e. The summed E-state index contributed by atoms with van der Waals surface area (Å²) in [6.45, 7) is 0.517. The third kappa shape index (κ3) is 4.13. The molecule has 2 aromatic rings. The van der Waals surface area contributed by atoms with E-state index in [1.165, 1.54) is 22.5 Å². The molecule has 0 radical (unpaired) electrons. The quantitative estimate of drug-likeness (QED) is 0.788. The first kappa shape index (κ1) is 19.0. The molecule has 1 heterocycles. The van der Waals surface area contributed by atoms with Gasteiger partial charge in [0.25, 0.3) is 0 Å². The van der Waals surface area contributed by atoms with Gasteiger partial charge in [-0.25, -0.2) is 12.8 Å². The molecular formula is C18H18BrFN2O3S. The summed E-state index contributed by atoms with van der Waals surface area (Å²) in [6.07, 6.45) is 1.21. The second-order valence-corrected chi connectivity index (χ2v) is 8.92. The lowest BCUT2D eigenvalue weighted by molar-refractivity contribution is -0.120. The maximum absolute atomic E-state index is 13.2. The first-order valence-corrected chi connectivity index (χ1v) is 10.4. The highest BCUT2D eigenvalue weighted by Crippen LogP contribution is 2.27. The molecule has 5 nitrogen and oxygen atoms in total. The summed E-state index contributed by atoms with van der Waals surface area (Å²) in [6, 6.07) is 12.2. The molecule has 0 saturated carbocycles. The monoisotopic (exact) mass is 440 g/mol. The van der Waals surface area contributed by atoms with Crippen LogP contribution in [0.3, 0.4) is 0 Å². The van der Waals surface area contributed by atoms with Gasteiger partial charge in [-0.3, -0.25) is 4.79 Å². The van der Waals surface area contributed by atoms with Crippen LogP contribution >= 0.6 is 15.9 Å². The van der Waals surface area contributed by atoms with Crippen molar-refractivity contribution < 1.29 is 17.6 Å². The molecule has 3 rings (SSSR count). The van der Waals surface area contributed by atoms with Crippen LogP contribution in [0.2, 0.25) is 0 Å². The van der Waals surface area contributed by atoms with Gasteiger partial charge < -0.3 is 5.32 Å². The summed E-state index contributed by atoms with van der Waals surface area (Å²) in [4.78, 5) is 12.8. The number of hydrogen-bond donors (Lipinski definition) is 1. The maximum Gasteiger partial charge on any atom is 0.243 e. The van der Waals surface area contributed by atoms with E-state index < -0.39 is 21.8 Å². The van der Waals surface area contributed by atoms with Crippen LogP contribution < -0.4 is 5.32 Å². The van der Waals surface area contributed by atoms with Crippen LogP contribution in [0.4, 0.5) is 10.1 Å². The van der Waals surface area contributed by atoms with Gasteiger partial charge in [0.2, 0.25) is 15.9 Å². The molecule has 1 aliphatic heterocycles. The highest BCUT2D eigenvalue weighted by Gasteiger charge is 2.33. The molecule has 1 fully saturated rings. The molecule has 0 bridgehead atoms. The summed E-state index contributed by atoms with van der Waals surface area (Å²) in [5, 5.41) is 2.74. The molecule has 1 saturated heterocycles. The Bertz CT molecular complexity index is 906. The topological polar surface area (TPSA) is 66.5 Å². The highest BCUT2D eigenvalue weighted by atomic mass is 79.9. The van der Waals surface area contributed by atoms with E-state index in [2.05, 4.69) is 21.2 Å². The molecule has 2 aromatic carbocycles. The molecular weight excluding hydrogens is 423 g/mol. The lowest BCUT2D eigenvalue weighted by Crippen LogP contribution is -2.43. The highest BCUT2D eigenvalue weighted by molar-refractivity contribution is 9.10. The first-order chi connectivity index (χ1) is 12.4. The van der Waals surface area contributed by atoms with Crippen molar-refractivity contribution in [3.63, 3.8) is 0 Å². The van der Waals surface area contributed by atoms with Gasteiger partial charge in [0.15, 0.2) is 0 Å². The van der Waals surface area contributed by atoms with Gasteiger partial charge >= 0.3 is 0 Å². The van der Waals surface area contributed by atoms with Crippen LogP contribution in [0.25, 0.3) is 0 Å². The van der Waals surface area contributed by atoms with Gasteiger partial charge in [-0.2, -0.15) is 4.31 Å². The van der Waals surface area contributed by atoms with Crippen LogP contribution in [0.5, 0.6) is 0 Å². The fourth-order valence-electron chi connectivity index (χ4n) is 2.94. The summed E-state index contributed by atoms with van der Waals surface area (Å²) < 4.78 is 40.5. The first-order valence-electron chi connectivity index (χ1n) is 8.19. The Balaban J connectivity index is 1.73. The van der Waals surface area contributed by atoms with Crippen molar-refractivity contribution in [2.45, 2.75) is 17.7 Å².